The maximum absolute atomic E-state index is 12.7. The van der Waals surface area contributed by atoms with Gasteiger partial charge in [-0.05, 0) is 71.1 Å². The molecule has 2 aliphatic carbocycles. The number of likely N-dealkylation sites (tertiary alicyclic amines) is 1. The molecule has 0 bridgehead atoms. The molecule has 3 fully saturated rings. The van der Waals surface area contributed by atoms with Crippen LogP contribution in [0, 0.1) is 11.8 Å². The highest BCUT2D eigenvalue weighted by Gasteiger charge is 2.35. The van der Waals surface area contributed by atoms with Gasteiger partial charge < -0.3 is 19.9 Å². The van der Waals surface area contributed by atoms with Crippen molar-refractivity contribution in [2.24, 2.45) is 16.8 Å². The van der Waals surface area contributed by atoms with Gasteiger partial charge >= 0.3 is 6.09 Å². The minimum Gasteiger partial charge on any atom is -0.444 e. The second kappa shape index (κ2) is 9.65. The van der Waals surface area contributed by atoms with Gasteiger partial charge in [0, 0.05) is 39.3 Å². The molecule has 27 heavy (non-hydrogen) atoms. The van der Waals surface area contributed by atoms with Gasteiger partial charge in [-0.2, -0.15) is 0 Å². The number of ether oxygens (including phenoxy) is 1. The zero-order chi connectivity index (χ0) is 18.7. The van der Waals surface area contributed by atoms with E-state index in [1.54, 1.807) is 0 Å². The Morgan fingerprint density at radius 3 is 2.19 bits per heavy atom. The number of rotatable bonds is 5. The second-order valence-corrected chi connectivity index (χ2v) is 9.17. The fourth-order valence-corrected chi connectivity index (χ4v) is 3.55. The van der Waals surface area contributed by atoms with E-state index in [-0.39, 0.29) is 36.1 Å². The first-order valence-electron chi connectivity index (χ1n) is 10.3. The number of hydrogen-bond acceptors (Lipinski definition) is 3. The molecule has 0 aromatic carbocycles. The normalized spacial score (nSPS) is 21.5. The Kier molecular flexibility index (Phi) is 8.06. The summed E-state index contributed by atoms with van der Waals surface area (Å²) in [5.74, 6) is 2.53. The lowest BCUT2D eigenvalue weighted by molar-refractivity contribution is 0.00928. The van der Waals surface area contributed by atoms with E-state index in [0.717, 1.165) is 50.9 Å². The van der Waals surface area contributed by atoms with E-state index in [1.165, 1.54) is 25.7 Å². The van der Waals surface area contributed by atoms with Gasteiger partial charge in [0.1, 0.15) is 5.60 Å². The minimum atomic E-state index is -0.436. The Morgan fingerprint density at radius 1 is 1.11 bits per heavy atom. The highest BCUT2D eigenvalue weighted by atomic mass is 127. The van der Waals surface area contributed by atoms with Gasteiger partial charge in [-0.3, -0.25) is 4.99 Å². The molecular formula is C20H37IN4O2. The van der Waals surface area contributed by atoms with E-state index in [0.29, 0.717) is 5.92 Å². The van der Waals surface area contributed by atoms with Crippen LogP contribution in [0.5, 0.6) is 0 Å². The minimum absolute atomic E-state index is 0. The molecule has 0 radical (unpaired) electrons. The molecule has 3 rings (SSSR count). The van der Waals surface area contributed by atoms with Crippen molar-refractivity contribution in [3.8, 4) is 0 Å². The third-order valence-electron chi connectivity index (χ3n) is 5.44. The Labute approximate surface area is 181 Å². The Hall–Kier alpha value is -0.730. The Morgan fingerprint density at radius 2 is 1.70 bits per heavy atom. The summed E-state index contributed by atoms with van der Waals surface area (Å²) in [7, 11) is 1.86. The first-order chi connectivity index (χ1) is 12.4. The van der Waals surface area contributed by atoms with E-state index in [2.05, 4.69) is 15.2 Å². The van der Waals surface area contributed by atoms with E-state index in [1.807, 2.05) is 32.7 Å². The molecule has 1 N–H and O–H groups in total. The summed E-state index contributed by atoms with van der Waals surface area (Å²) in [6.07, 6.45) is 7.01. The summed E-state index contributed by atoms with van der Waals surface area (Å²) >= 11 is 0. The lowest BCUT2D eigenvalue weighted by Crippen LogP contribution is -2.52. The molecule has 1 heterocycles. The average Bonchev–Trinajstić information content (AvgIpc) is 3.47. The molecule has 0 atom stereocenters. The van der Waals surface area contributed by atoms with Crippen LogP contribution in [0.3, 0.4) is 0 Å². The number of carbonyl (C=O) groups excluding carboxylic acids is 1. The SMILES string of the molecule is CN=C(NCC1CC1)N1CCC(N(CC2CC2)C(=O)OC(C)(C)C)CC1.I. The summed E-state index contributed by atoms with van der Waals surface area (Å²) in [6, 6.07) is 0.281. The zero-order valence-electron chi connectivity index (χ0n) is 17.4. The van der Waals surface area contributed by atoms with Gasteiger partial charge in [0.2, 0.25) is 0 Å². The largest absolute Gasteiger partial charge is 0.444 e. The summed E-state index contributed by atoms with van der Waals surface area (Å²) in [5.41, 5.74) is -0.436. The summed E-state index contributed by atoms with van der Waals surface area (Å²) in [5, 5.41) is 3.51. The van der Waals surface area contributed by atoms with Crippen molar-refractivity contribution in [2.45, 2.75) is 70.9 Å². The van der Waals surface area contributed by atoms with Crippen molar-refractivity contribution in [1.29, 1.82) is 0 Å². The molecule has 3 aliphatic rings. The molecule has 156 valence electrons. The molecule has 0 unspecified atom stereocenters. The third kappa shape index (κ3) is 7.31. The van der Waals surface area contributed by atoms with Crippen molar-refractivity contribution < 1.29 is 9.53 Å². The van der Waals surface area contributed by atoms with E-state index in [4.69, 9.17) is 4.74 Å². The zero-order valence-corrected chi connectivity index (χ0v) is 19.7. The van der Waals surface area contributed by atoms with Crippen LogP contribution in [0.25, 0.3) is 0 Å². The van der Waals surface area contributed by atoms with Gasteiger partial charge in [-0.25, -0.2) is 4.79 Å². The number of halogens is 1. The lowest BCUT2D eigenvalue weighted by atomic mass is 10.0. The van der Waals surface area contributed by atoms with Crippen molar-refractivity contribution >= 4 is 36.0 Å². The maximum Gasteiger partial charge on any atom is 0.410 e. The molecule has 7 heteroatoms. The molecule has 6 nitrogen and oxygen atoms in total. The fourth-order valence-electron chi connectivity index (χ4n) is 3.55. The third-order valence-corrected chi connectivity index (χ3v) is 5.44. The topological polar surface area (TPSA) is 57.2 Å². The van der Waals surface area contributed by atoms with Crippen LogP contribution in [0.1, 0.15) is 59.3 Å². The summed E-state index contributed by atoms with van der Waals surface area (Å²) in [6.45, 7) is 9.61. The van der Waals surface area contributed by atoms with Gasteiger partial charge in [-0.1, -0.05) is 0 Å². The first kappa shape index (κ1) is 22.6. The number of piperidine rings is 1. The van der Waals surface area contributed by atoms with E-state index in [9.17, 15) is 4.79 Å². The molecule has 2 saturated carbocycles. The maximum atomic E-state index is 12.7. The molecular weight excluding hydrogens is 455 g/mol. The van der Waals surface area contributed by atoms with Gasteiger partial charge in [0.25, 0.3) is 0 Å². The van der Waals surface area contributed by atoms with Crippen LogP contribution in [0.2, 0.25) is 0 Å². The number of nitrogens with zero attached hydrogens (tertiary/aromatic N) is 3. The smallest absolute Gasteiger partial charge is 0.410 e. The molecule has 1 saturated heterocycles. The standard InChI is InChI=1S/C20H36N4O2.HI/c1-20(2,3)26-19(25)24(14-16-7-8-16)17-9-11-23(12-10-17)18(21-4)22-13-15-5-6-15;/h15-17H,5-14H2,1-4H3,(H,21,22);1H. The predicted octanol–water partition coefficient (Wildman–Crippen LogP) is 3.70. The van der Waals surface area contributed by atoms with Crippen LogP contribution in [-0.2, 0) is 4.74 Å². The number of hydrogen-bond donors (Lipinski definition) is 1. The van der Waals surface area contributed by atoms with Crippen LogP contribution < -0.4 is 5.32 Å². The molecule has 0 aromatic rings. The van der Waals surface area contributed by atoms with Crippen LogP contribution in [0.15, 0.2) is 4.99 Å². The molecule has 1 aliphatic heterocycles. The highest BCUT2D eigenvalue weighted by molar-refractivity contribution is 14.0. The number of nitrogens with one attached hydrogen (secondary N) is 1. The predicted molar refractivity (Wildman–Crippen MR) is 120 cm³/mol. The highest BCUT2D eigenvalue weighted by Crippen LogP contribution is 2.32. The Bertz CT molecular complexity index is 519. The average molecular weight is 492 g/mol. The number of guanidine groups is 1. The monoisotopic (exact) mass is 492 g/mol. The molecule has 0 aromatic heterocycles. The van der Waals surface area contributed by atoms with E-state index < -0.39 is 5.60 Å². The van der Waals surface area contributed by atoms with Crippen LogP contribution in [0.4, 0.5) is 4.79 Å². The van der Waals surface area contributed by atoms with Gasteiger partial charge in [0.15, 0.2) is 5.96 Å². The molecule has 0 spiro atoms. The molecule has 1 amide bonds. The van der Waals surface area contributed by atoms with Crippen LogP contribution >= 0.6 is 24.0 Å². The van der Waals surface area contributed by atoms with Crippen molar-refractivity contribution in [1.82, 2.24) is 15.1 Å². The quantitative estimate of drug-likeness (QED) is 0.361. The number of aliphatic imine (C=N–C) groups is 1. The second-order valence-electron chi connectivity index (χ2n) is 9.17. The van der Waals surface area contributed by atoms with Crippen LogP contribution in [-0.4, -0.2) is 66.7 Å². The fraction of sp³-hybridized carbons (Fsp3) is 0.900. The van der Waals surface area contributed by atoms with Gasteiger partial charge in [0.05, 0.1) is 0 Å². The summed E-state index contributed by atoms with van der Waals surface area (Å²) in [4.78, 5) is 21.5. The lowest BCUT2D eigenvalue weighted by Gasteiger charge is -2.40. The van der Waals surface area contributed by atoms with E-state index >= 15 is 0 Å². The first-order valence-corrected chi connectivity index (χ1v) is 10.3. The van der Waals surface area contributed by atoms with Gasteiger partial charge in [-0.15, -0.1) is 24.0 Å². The number of amides is 1. The summed E-state index contributed by atoms with van der Waals surface area (Å²) < 4.78 is 5.69. The Balaban J connectivity index is 0.00000261. The number of carbonyl (C=O) groups is 1. The van der Waals surface area contributed by atoms with Crippen molar-refractivity contribution in [2.75, 3.05) is 33.2 Å². The van der Waals surface area contributed by atoms with Crippen molar-refractivity contribution in [3.05, 3.63) is 0 Å². The van der Waals surface area contributed by atoms with Crippen molar-refractivity contribution in [3.63, 3.8) is 0 Å².